The van der Waals surface area contributed by atoms with Crippen molar-refractivity contribution in [3.05, 3.63) is 28.8 Å². The zero-order valence-corrected chi connectivity index (χ0v) is 10.9. The number of benzene rings is 1. The highest BCUT2D eigenvalue weighted by Gasteiger charge is 2.25. The molecule has 0 saturated carbocycles. The molecule has 0 aromatic heterocycles. The Morgan fingerprint density at radius 2 is 2.00 bits per heavy atom. The van der Waals surface area contributed by atoms with Crippen LogP contribution in [0.2, 0.25) is 24.7 Å². The highest BCUT2D eigenvalue weighted by atomic mass is 35.5. The molecule has 0 fully saturated rings. The summed E-state index contributed by atoms with van der Waals surface area (Å²) in [5.74, 6) is -0.269. The predicted octanol–water partition coefficient (Wildman–Crippen LogP) is 2.72. The lowest BCUT2D eigenvalue weighted by Gasteiger charge is -2.21. The van der Waals surface area contributed by atoms with Crippen LogP contribution in [0.15, 0.2) is 18.2 Å². The van der Waals surface area contributed by atoms with E-state index in [1.165, 1.54) is 0 Å². The summed E-state index contributed by atoms with van der Waals surface area (Å²) < 4.78 is 0. The molecule has 0 aliphatic carbocycles. The van der Waals surface area contributed by atoms with Crippen LogP contribution in [0.4, 0.5) is 0 Å². The van der Waals surface area contributed by atoms with E-state index in [9.17, 15) is 4.79 Å². The highest BCUT2D eigenvalue weighted by Crippen LogP contribution is 2.15. The first-order chi connectivity index (χ1) is 6.88. The van der Waals surface area contributed by atoms with Crippen LogP contribution in [0.1, 0.15) is 10.4 Å². The molecule has 0 spiro atoms. The van der Waals surface area contributed by atoms with Crippen LogP contribution in [0.5, 0.6) is 0 Å². The molecule has 4 heteroatoms. The van der Waals surface area contributed by atoms with Crippen molar-refractivity contribution >= 4 is 36.9 Å². The van der Waals surface area contributed by atoms with Gasteiger partial charge in [0, 0.05) is 10.6 Å². The van der Waals surface area contributed by atoms with Gasteiger partial charge in [0.2, 0.25) is 5.78 Å². The summed E-state index contributed by atoms with van der Waals surface area (Å²) in [5.41, 5.74) is 0.580. The SMILES string of the molecule is C[Si](C)(C)c1c(Cl)cccc1C(=O)C=N. The molecule has 1 rings (SSSR count). The van der Waals surface area contributed by atoms with Gasteiger partial charge in [-0.3, -0.25) is 4.79 Å². The molecule has 0 saturated heterocycles. The first kappa shape index (κ1) is 12.1. The largest absolute Gasteiger partial charge is 0.305 e. The van der Waals surface area contributed by atoms with E-state index in [0.29, 0.717) is 10.6 Å². The van der Waals surface area contributed by atoms with E-state index in [-0.39, 0.29) is 5.78 Å². The van der Waals surface area contributed by atoms with Gasteiger partial charge in [0.15, 0.2) is 0 Å². The van der Waals surface area contributed by atoms with Gasteiger partial charge in [-0.2, -0.15) is 0 Å². The van der Waals surface area contributed by atoms with Gasteiger partial charge in [-0.15, -0.1) is 0 Å². The summed E-state index contributed by atoms with van der Waals surface area (Å²) in [6.07, 6.45) is 0.843. The Kier molecular flexibility index (Phi) is 3.47. The fourth-order valence-corrected chi connectivity index (χ4v) is 4.41. The van der Waals surface area contributed by atoms with Gasteiger partial charge in [-0.1, -0.05) is 43.4 Å². The molecular weight excluding hydrogens is 226 g/mol. The van der Waals surface area contributed by atoms with E-state index in [2.05, 4.69) is 19.6 Å². The van der Waals surface area contributed by atoms with Crippen molar-refractivity contribution in [2.45, 2.75) is 19.6 Å². The van der Waals surface area contributed by atoms with Crippen molar-refractivity contribution in [1.82, 2.24) is 0 Å². The van der Waals surface area contributed by atoms with Gasteiger partial charge in [0.05, 0.1) is 14.3 Å². The third-order valence-electron chi connectivity index (χ3n) is 2.16. The lowest BCUT2D eigenvalue weighted by atomic mass is 10.1. The second kappa shape index (κ2) is 4.29. The van der Waals surface area contributed by atoms with Gasteiger partial charge in [-0.25, -0.2) is 0 Å². The maximum atomic E-state index is 11.6. The van der Waals surface area contributed by atoms with Crippen LogP contribution in [-0.2, 0) is 0 Å². The number of hydrogen-bond acceptors (Lipinski definition) is 2. The molecule has 0 bridgehead atoms. The van der Waals surface area contributed by atoms with Gasteiger partial charge < -0.3 is 5.41 Å². The quantitative estimate of drug-likeness (QED) is 0.492. The third-order valence-corrected chi connectivity index (χ3v) is 4.67. The molecule has 80 valence electrons. The Bertz CT molecular complexity index is 410. The Morgan fingerprint density at radius 3 is 2.47 bits per heavy atom. The van der Waals surface area contributed by atoms with E-state index in [1.807, 2.05) is 0 Å². The number of rotatable bonds is 3. The van der Waals surface area contributed by atoms with Crippen molar-refractivity contribution in [3.8, 4) is 0 Å². The number of halogens is 1. The molecule has 0 amide bonds. The zero-order chi connectivity index (χ0) is 11.6. The highest BCUT2D eigenvalue weighted by molar-refractivity contribution is 6.91. The smallest absolute Gasteiger partial charge is 0.203 e. The maximum absolute atomic E-state index is 11.6. The second-order valence-corrected chi connectivity index (χ2v) is 9.83. The van der Waals surface area contributed by atoms with E-state index in [1.54, 1.807) is 18.2 Å². The summed E-state index contributed by atoms with van der Waals surface area (Å²) in [5, 5.41) is 8.60. The van der Waals surface area contributed by atoms with E-state index >= 15 is 0 Å². The molecule has 1 aromatic carbocycles. The Hall–Kier alpha value is -0.933. The number of carbonyl (C=O) groups excluding carboxylic acids is 1. The Labute approximate surface area is 95.8 Å². The van der Waals surface area contributed by atoms with Crippen LogP contribution in [0.25, 0.3) is 0 Å². The number of hydrogen-bond donors (Lipinski definition) is 1. The summed E-state index contributed by atoms with van der Waals surface area (Å²) >= 11 is 6.12. The molecule has 0 atom stereocenters. The van der Waals surface area contributed by atoms with E-state index in [0.717, 1.165) is 11.4 Å². The molecule has 0 aliphatic heterocycles. The fraction of sp³-hybridized carbons (Fsp3) is 0.273. The van der Waals surface area contributed by atoms with Crippen molar-refractivity contribution < 1.29 is 4.79 Å². The molecule has 0 unspecified atom stereocenters. The van der Waals surface area contributed by atoms with Crippen LogP contribution in [0, 0.1) is 5.41 Å². The van der Waals surface area contributed by atoms with Crippen LogP contribution < -0.4 is 5.19 Å². The molecule has 15 heavy (non-hydrogen) atoms. The van der Waals surface area contributed by atoms with Gasteiger partial charge in [-0.05, 0) is 11.3 Å². The van der Waals surface area contributed by atoms with E-state index < -0.39 is 8.07 Å². The minimum Gasteiger partial charge on any atom is -0.305 e. The summed E-state index contributed by atoms with van der Waals surface area (Å²) in [4.78, 5) is 11.6. The zero-order valence-electron chi connectivity index (χ0n) is 9.10. The number of nitrogens with one attached hydrogen (secondary N) is 1. The molecule has 0 aliphatic rings. The number of carbonyl (C=O) groups is 1. The van der Waals surface area contributed by atoms with Crippen molar-refractivity contribution in [1.29, 1.82) is 5.41 Å². The average molecular weight is 240 g/mol. The summed E-state index contributed by atoms with van der Waals surface area (Å²) in [6.45, 7) is 6.40. The second-order valence-electron chi connectivity index (χ2n) is 4.42. The van der Waals surface area contributed by atoms with Crippen molar-refractivity contribution in [2.75, 3.05) is 0 Å². The first-order valence-electron chi connectivity index (χ1n) is 4.71. The lowest BCUT2D eigenvalue weighted by molar-refractivity contribution is 0.107. The maximum Gasteiger partial charge on any atom is 0.203 e. The molecule has 1 aromatic rings. The third kappa shape index (κ3) is 2.55. The van der Waals surface area contributed by atoms with Gasteiger partial charge in [0.1, 0.15) is 0 Å². The van der Waals surface area contributed by atoms with Crippen LogP contribution in [0.3, 0.4) is 0 Å². The molecule has 2 nitrogen and oxygen atoms in total. The molecule has 0 radical (unpaired) electrons. The molecule has 0 heterocycles. The number of ketones is 1. The number of Topliss-reactive ketones (excluding diaryl/α,β-unsaturated/α-hetero) is 1. The minimum atomic E-state index is -1.66. The minimum absolute atomic E-state index is 0.269. The molecule has 1 N–H and O–H groups in total. The van der Waals surface area contributed by atoms with Crippen LogP contribution >= 0.6 is 11.6 Å². The molecular formula is C11H14ClNOSi. The normalized spacial score (nSPS) is 11.2. The fourth-order valence-electron chi connectivity index (χ4n) is 1.57. The standard InChI is InChI=1S/C11H14ClNOSi/c1-15(2,3)11-8(10(14)7-13)5-4-6-9(11)12/h4-7,13H,1-3H3. The summed E-state index contributed by atoms with van der Waals surface area (Å²) in [7, 11) is -1.66. The van der Waals surface area contributed by atoms with Crippen LogP contribution in [-0.4, -0.2) is 20.1 Å². The van der Waals surface area contributed by atoms with Gasteiger partial charge in [0.25, 0.3) is 0 Å². The Morgan fingerprint density at radius 1 is 1.40 bits per heavy atom. The topological polar surface area (TPSA) is 40.9 Å². The monoisotopic (exact) mass is 239 g/mol. The van der Waals surface area contributed by atoms with Crippen molar-refractivity contribution in [2.24, 2.45) is 0 Å². The first-order valence-corrected chi connectivity index (χ1v) is 8.59. The lowest BCUT2D eigenvalue weighted by Crippen LogP contribution is -2.42. The van der Waals surface area contributed by atoms with E-state index in [4.69, 9.17) is 17.0 Å². The summed E-state index contributed by atoms with van der Waals surface area (Å²) in [6, 6.07) is 5.30. The average Bonchev–Trinajstić information content (AvgIpc) is 2.14. The predicted molar refractivity (Wildman–Crippen MR) is 67.5 cm³/mol. The Balaban J connectivity index is 3.46. The van der Waals surface area contributed by atoms with Crippen molar-refractivity contribution in [3.63, 3.8) is 0 Å². The van der Waals surface area contributed by atoms with Gasteiger partial charge >= 0.3 is 0 Å².